The van der Waals surface area contributed by atoms with Crippen molar-refractivity contribution < 1.29 is 14.1 Å². The van der Waals surface area contributed by atoms with Crippen LogP contribution in [0.2, 0.25) is 0 Å². The lowest BCUT2D eigenvalue weighted by molar-refractivity contribution is -0.121. The molecule has 5 nitrogen and oxygen atoms in total. The van der Waals surface area contributed by atoms with Crippen molar-refractivity contribution in [2.75, 3.05) is 13.7 Å². The summed E-state index contributed by atoms with van der Waals surface area (Å²) in [6, 6.07) is 2.00. The molecule has 0 unspecified atom stereocenters. The predicted octanol–water partition coefficient (Wildman–Crippen LogP) is 2.40. The first-order valence-electron chi connectivity index (χ1n) is 6.35. The van der Waals surface area contributed by atoms with E-state index in [1.54, 1.807) is 18.4 Å². The molecule has 1 atom stereocenters. The Labute approximate surface area is 121 Å². The summed E-state index contributed by atoms with van der Waals surface area (Å²) >= 11 is 1.61. The summed E-state index contributed by atoms with van der Waals surface area (Å²) in [6.45, 7) is 4.10. The molecule has 0 saturated heterocycles. The molecule has 0 aliphatic heterocycles. The molecular formula is C14H18N2O3S. The number of aryl methyl sites for hydroxylation is 2. The van der Waals surface area contributed by atoms with Crippen LogP contribution in [0.1, 0.15) is 28.7 Å². The minimum absolute atomic E-state index is 0.0586. The van der Waals surface area contributed by atoms with Gasteiger partial charge in [0.15, 0.2) is 0 Å². The summed E-state index contributed by atoms with van der Waals surface area (Å²) in [5.74, 6) is 0.635. The van der Waals surface area contributed by atoms with Gasteiger partial charge in [-0.2, -0.15) is 11.3 Å². The van der Waals surface area contributed by atoms with Gasteiger partial charge in [0.25, 0.3) is 0 Å². The highest BCUT2D eigenvalue weighted by atomic mass is 32.1. The van der Waals surface area contributed by atoms with Crippen LogP contribution in [0.5, 0.6) is 0 Å². The van der Waals surface area contributed by atoms with Crippen molar-refractivity contribution in [2.24, 2.45) is 0 Å². The largest absolute Gasteiger partial charge is 0.375 e. The van der Waals surface area contributed by atoms with Crippen LogP contribution in [-0.4, -0.2) is 24.7 Å². The van der Waals surface area contributed by atoms with Crippen molar-refractivity contribution in [1.82, 2.24) is 10.5 Å². The Morgan fingerprint density at radius 2 is 2.35 bits per heavy atom. The first kappa shape index (κ1) is 14.7. The Morgan fingerprint density at radius 3 is 2.90 bits per heavy atom. The van der Waals surface area contributed by atoms with Crippen LogP contribution in [-0.2, 0) is 16.0 Å². The number of rotatable bonds is 6. The highest BCUT2D eigenvalue weighted by molar-refractivity contribution is 7.07. The van der Waals surface area contributed by atoms with Crippen LogP contribution in [0.3, 0.4) is 0 Å². The number of nitrogens with zero attached hydrogens (tertiary/aromatic N) is 1. The molecule has 0 saturated carbocycles. The molecule has 0 radical (unpaired) electrons. The molecule has 108 valence electrons. The summed E-state index contributed by atoms with van der Waals surface area (Å²) in [5, 5.41) is 10.7. The minimum Gasteiger partial charge on any atom is -0.375 e. The maximum atomic E-state index is 12.0. The zero-order valence-electron chi connectivity index (χ0n) is 11.8. The maximum absolute atomic E-state index is 12.0. The van der Waals surface area contributed by atoms with E-state index in [0.717, 1.165) is 16.8 Å². The van der Waals surface area contributed by atoms with Crippen molar-refractivity contribution in [3.63, 3.8) is 0 Å². The molecule has 0 spiro atoms. The minimum atomic E-state index is -0.116. The number of nitrogens with one attached hydrogen (secondary N) is 1. The monoisotopic (exact) mass is 294 g/mol. The van der Waals surface area contributed by atoms with Gasteiger partial charge in [-0.25, -0.2) is 0 Å². The van der Waals surface area contributed by atoms with Gasteiger partial charge in [0, 0.05) is 19.2 Å². The number of hydrogen-bond donors (Lipinski definition) is 1. The summed E-state index contributed by atoms with van der Waals surface area (Å²) in [5.41, 5.74) is 2.70. The van der Waals surface area contributed by atoms with Crippen molar-refractivity contribution in [3.8, 4) is 0 Å². The highest BCUT2D eigenvalue weighted by Crippen LogP contribution is 2.18. The smallest absolute Gasteiger partial charge is 0.224 e. The van der Waals surface area contributed by atoms with Gasteiger partial charge in [-0.15, -0.1) is 0 Å². The standard InChI is InChI=1S/C14H18N2O3S/c1-9-12(10(2)19-16-9)6-14(17)15-7-13(18-3)11-4-5-20-8-11/h4-5,8,13H,6-7H2,1-3H3,(H,15,17)/t13-/m1/s1. The molecule has 2 heterocycles. The van der Waals surface area contributed by atoms with E-state index in [9.17, 15) is 4.79 Å². The van der Waals surface area contributed by atoms with E-state index in [1.165, 1.54) is 0 Å². The average Bonchev–Trinajstić information content (AvgIpc) is 3.05. The van der Waals surface area contributed by atoms with Gasteiger partial charge in [0.1, 0.15) is 11.9 Å². The molecule has 20 heavy (non-hydrogen) atoms. The number of carbonyl (C=O) groups excluding carboxylic acids is 1. The fourth-order valence-corrected chi connectivity index (χ4v) is 2.68. The van der Waals surface area contributed by atoms with E-state index >= 15 is 0 Å². The van der Waals surface area contributed by atoms with Crippen LogP contribution >= 0.6 is 11.3 Å². The van der Waals surface area contributed by atoms with E-state index in [-0.39, 0.29) is 18.4 Å². The third-order valence-electron chi connectivity index (χ3n) is 3.20. The summed E-state index contributed by atoms with van der Waals surface area (Å²) in [4.78, 5) is 12.0. The maximum Gasteiger partial charge on any atom is 0.224 e. The number of amides is 1. The zero-order chi connectivity index (χ0) is 14.5. The predicted molar refractivity (Wildman–Crippen MR) is 76.8 cm³/mol. The molecule has 1 amide bonds. The zero-order valence-corrected chi connectivity index (χ0v) is 12.6. The van der Waals surface area contributed by atoms with Crippen molar-refractivity contribution >= 4 is 17.2 Å². The molecule has 6 heteroatoms. The second-order valence-electron chi connectivity index (χ2n) is 4.56. The Balaban J connectivity index is 1.89. The average molecular weight is 294 g/mol. The quantitative estimate of drug-likeness (QED) is 0.888. The molecule has 0 fully saturated rings. The summed E-state index contributed by atoms with van der Waals surface area (Å²) in [6.07, 6.45) is 0.163. The van der Waals surface area contributed by atoms with Gasteiger partial charge < -0.3 is 14.6 Å². The molecule has 2 aromatic rings. The van der Waals surface area contributed by atoms with E-state index in [0.29, 0.717) is 12.3 Å². The Hall–Kier alpha value is -1.66. The van der Waals surface area contributed by atoms with E-state index in [4.69, 9.17) is 9.26 Å². The number of aromatic nitrogens is 1. The van der Waals surface area contributed by atoms with Gasteiger partial charge in [0.2, 0.25) is 5.91 Å². The lowest BCUT2D eigenvalue weighted by Crippen LogP contribution is -2.30. The number of methoxy groups -OCH3 is 1. The van der Waals surface area contributed by atoms with Crippen LogP contribution in [0.25, 0.3) is 0 Å². The fourth-order valence-electron chi connectivity index (χ4n) is 1.98. The normalized spacial score (nSPS) is 12.3. The topological polar surface area (TPSA) is 64.4 Å². The molecule has 1 N–H and O–H groups in total. The second kappa shape index (κ2) is 6.67. The van der Waals surface area contributed by atoms with Gasteiger partial charge in [-0.05, 0) is 36.2 Å². The van der Waals surface area contributed by atoms with Gasteiger partial charge >= 0.3 is 0 Å². The van der Waals surface area contributed by atoms with E-state index < -0.39 is 0 Å². The number of carbonyl (C=O) groups is 1. The third kappa shape index (κ3) is 3.46. The van der Waals surface area contributed by atoms with Crippen LogP contribution in [0.15, 0.2) is 21.3 Å². The Bertz CT molecular complexity index is 543. The molecule has 0 aromatic carbocycles. The van der Waals surface area contributed by atoms with E-state index in [2.05, 4.69) is 10.5 Å². The molecule has 0 aliphatic rings. The fraction of sp³-hybridized carbons (Fsp3) is 0.429. The van der Waals surface area contributed by atoms with Crippen LogP contribution in [0.4, 0.5) is 0 Å². The Kier molecular flexibility index (Phi) is 4.92. The van der Waals surface area contributed by atoms with Gasteiger partial charge in [0.05, 0.1) is 12.1 Å². The van der Waals surface area contributed by atoms with Crippen molar-refractivity contribution in [3.05, 3.63) is 39.4 Å². The third-order valence-corrected chi connectivity index (χ3v) is 3.90. The van der Waals surface area contributed by atoms with Crippen LogP contribution in [0, 0.1) is 13.8 Å². The Morgan fingerprint density at radius 1 is 1.55 bits per heavy atom. The number of hydrogen-bond acceptors (Lipinski definition) is 5. The summed E-state index contributed by atoms with van der Waals surface area (Å²) < 4.78 is 10.4. The molecule has 0 bridgehead atoms. The van der Waals surface area contributed by atoms with Gasteiger partial charge in [-0.3, -0.25) is 4.79 Å². The van der Waals surface area contributed by atoms with Gasteiger partial charge in [-0.1, -0.05) is 5.16 Å². The SMILES string of the molecule is CO[C@H](CNC(=O)Cc1c(C)noc1C)c1ccsc1. The molecular weight excluding hydrogens is 276 g/mol. The number of thiophene rings is 1. The van der Waals surface area contributed by atoms with E-state index in [1.807, 2.05) is 30.7 Å². The first-order chi connectivity index (χ1) is 9.61. The summed E-state index contributed by atoms with van der Waals surface area (Å²) in [7, 11) is 1.64. The lowest BCUT2D eigenvalue weighted by atomic mass is 10.1. The second-order valence-corrected chi connectivity index (χ2v) is 5.34. The van der Waals surface area contributed by atoms with Crippen molar-refractivity contribution in [1.29, 1.82) is 0 Å². The first-order valence-corrected chi connectivity index (χ1v) is 7.29. The molecule has 0 aliphatic carbocycles. The molecule has 2 rings (SSSR count). The number of ether oxygens (including phenoxy) is 1. The highest BCUT2D eigenvalue weighted by Gasteiger charge is 2.16. The van der Waals surface area contributed by atoms with Crippen molar-refractivity contribution in [2.45, 2.75) is 26.4 Å². The molecule has 2 aromatic heterocycles. The van der Waals surface area contributed by atoms with Crippen LogP contribution < -0.4 is 5.32 Å². The lowest BCUT2D eigenvalue weighted by Gasteiger charge is -2.14.